The molecule has 0 unspecified atom stereocenters. The van der Waals surface area contributed by atoms with Crippen molar-refractivity contribution in [2.24, 2.45) is 0 Å². The minimum absolute atomic E-state index is 0.115. The van der Waals surface area contributed by atoms with Crippen LogP contribution in [0.25, 0.3) is 0 Å². The first-order chi connectivity index (χ1) is 8.81. The van der Waals surface area contributed by atoms with Crippen LogP contribution in [-0.2, 0) is 17.6 Å². The van der Waals surface area contributed by atoms with Crippen molar-refractivity contribution in [2.75, 3.05) is 38.0 Å². The van der Waals surface area contributed by atoms with E-state index in [4.69, 9.17) is 0 Å². The highest BCUT2D eigenvalue weighted by atomic mass is 16.1. The molecule has 1 aromatic carbocycles. The van der Waals surface area contributed by atoms with E-state index in [1.807, 2.05) is 0 Å². The number of benzene rings is 1. The van der Waals surface area contributed by atoms with Gasteiger partial charge in [-0.15, -0.1) is 0 Å². The normalized spacial score (nSPS) is 19.7. The molecule has 0 atom stereocenters. The monoisotopic (exact) mass is 245 g/mol. The summed E-state index contributed by atoms with van der Waals surface area (Å²) in [7, 11) is 0. The van der Waals surface area contributed by atoms with Crippen molar-refractivity contribution < 1.29 is 4.79 Å². The summed E-state index contributed by atoms with van der Waals surface area (Å²) in [5.41, 5.74) is 3.46. The molecule has 0 bridgehead atoms. The Bertz CT molecular complexity index is 452. The third-order valence-electron chi connectivity index (χ3n) is 3.73. The molecule has 0 saturated carbocycles. The van der Waals surface area contributed by atoms with Crippen LogP contribution in [0.5, 0.6) is 0 Å². The van der Waals surface area contributed by atoms with Gasteiger partial charge in [-0.05, 0) is 23.6 Å². The van der Waals surface area contributed by atoms with Crippen LogP contribution in [-0.4, -0.2) is 43.5 Å². The van der Waals surface area contributed by atoms with Crippen LogP contribution in [0.15, 0.2) is 18.2 Å². The van der Waals surface area contributed by atoms with Crippen molar-refractivity contribution in [1.29, 1.82) is 0 Å². The number of rotatable bonds is 3. The lowest BCUT2D eigenvalue weighted by molar-refractivity contribution is -0.115. The van der Waals surface area contributed by atoms with Gasteiger partial charge >= 0.3 is 0 Å². The van der Waals surface area contributed by atoms with E-state index in [-0.39, 0.29) is 5.91 Å². The van der Waals surface area contributed by atoms with Crippen LogP contribution in [0.3, 0.4) is 0 Å². The highest BCUT2D eigenvalue weighted by Crippen LogP contribution is 2.24. The number of carbonyl (C=O) groups excluding carboxylic acids is 1. The lowest BCUT2D eigenvalue weighted by Gasteiger charge is -2.27. The molecule has 2 heterocycles. The number of nitrogens with zero attached hydrogens (tertiary/aromatic N) is 1. The Hall–Kier alpha value is -1.39. The third-order valence-corrected chi connectivity index (χ3v) is 3.73. The second-order valence-corrected chi connectivity index (χ2v) is 5.06. The second kappa shape index (κ2) is 5.08. The average Bonchev–Trinajstić information content (AvgIpc) is 2.77. The lowest BCUT2D eigenvalue weighted by atomic mass is 10.1. The first-order valence-electron chi connectivity index (χ1n) is 6.66. The topological polar surface area (TPSA) is 44.4 Å². The summed E-state index contributed by atoms with van der Waals surface area (Å²) in [5.74, 6) is 0.115. The van der Waals surface area contributed by atoms with Crippen molar-refractivity contribution in [3.8, 4) is 0 Å². The van der Waals surface area contributed by atoms with Crippen molar-refractivity contribution >= 4 is 11.6 Å². The minimum Gasteiger partial charge on any atom is -0.326 e. The van der Waals surface area contributed by atoms with E-state index in [2.05, 4.69) is 33.7 Å². The predicted molar refractivity (Wildman–Crippen MR) is 71.8 cm³/mol. The van der Waals surface area contributed by atoms with Crippen molar-refractivity contribution in [3.05, 3.63) is 29.3 Å². The summed E-state index contributed by atoms with van der Waals surface area (Å²) in [5, 5.41) is 6.28. The molecule has 2 N–H and O–H groups in total. The van der Waals surface area contributed by atoms with Crippen molar-refractivity contribution in [1.82, 2.24) is 10.2 Å². The van der Waals surface area contributed by atoms with Crippen molar-refractivity contribution in [2.45, 2.75) is 12.8 Å². The molecule has 2 aliphatic heterocycles. The smallest absolute Gasteiger partial charge is 0.228 e. The molecule has 18 heavy (non-hydrogen) atoms. The number of anilines is 1. The van der Waals surface area contributed by atoms with Crippen LogP contribution in [0.4, 0.5) is 5.69 Å². The van der Waals surface area contributed by atoms with E-state index < -0.39 is 0 Å². The molecule has 1 amide bonds. The van der Waals surface area contributed by atoms with Gasteiger partial charge in [0.1, 0.15) is 0 Å². The van der Waals surface area contributed by atoms with Crippen molar-refractivity contribution in [3.63, 3.8) is 0 Å². The summed E-state index contributed by atoms with van der Waals surface area (Å²) in [6, 6.07) is 6.37. The fraction of sp³-hybridized carbons (Fsp3) is 0.500. The Labute approximate surface area is 107 Å². The molecule has 1 aromatic rings. The van der Waals surface area contributed by atoms with Gasteiger partial charge in [0.25, 0.3) is 0 Å². The number of piperazine rings is 1. The van der Waals surface area contributed by atoms with Crippen LogP contribution in [0.1, 0.15) is 11.1 Å². The third kappa shape index (κ3) is 2.54. The second-order valence-electron chi connectivity index (χ2n) is 5.06. The highest BCUT2D eigenvalue weighted by molar-refractivity contribution is 5.99. The summed E-state index contributed by atoms with van der Waals surface area (Å²) < 4.78 is 0. The van der Waals surface area contributed by atoms with Crippen LogP contribution >= 0.6 is 0 Å². The molecule has 0 radical (unpaired) electrons. The Balaban J connectivity index is 1.60. The number of carbonyl (C=O) groups is 1. The minimum atomic E-state index is 0.115. The van der Waals surface area contributed by atoms with Gasteiger partial charge in [0, 0.05) is 38.4 Å². The van der Waals surface area contributed by atoms with Gasteiger partial charge in [-0.3, -0.25) is 4.79 Å². The maximum absolute atomic E-state index is 11.3. The summed E-state index contributed by atoms with van der Waals surface area (Å²) in [4.78, 5) is 13.8. The molecule has 0 aliphatic carbocycles. The SMILES string of the molecule is O=C1Cc2ccc(CCN3CCNCC3)cc2N1. The maximum atomic E-state index is 11.3. The van der Waals surface area contributed by atoms with E-state index in [9.17, 15) is 4.79 Å². The quantitative estimate of drug-likeness (QED) is 0.821. The summed E-state index contributed by atoms with van der Waals surface area (Å²) in [6.07, 6.45) is 1.59. The van der Waals surface area contributed by atoms with E-state index in [0.717, 1.165) is 50.4 Å². The molecular weight excluding hydrogens is 226 g/mol. The standard InChI is InChI=1S/C14H19N3O/c18-14-10-12-2-1-11(9-13(12)16-14)3-6-17-7-4-15-5-8-17/h1-2,9,15H,3-8,10H2,(H,16,18). The number of hydrogen-bond donors (Lipinski definition) is 2. The zero-order valence-corrected chi connectivity index (χ0v) is 10.5. The van der Waals surface area contributed by atoms with E-state index in [1.54, 1.807) is 0 Å². The molecule has 4 nitrogen and oxygen atoms in total. The van der Waals surface area contributed by atoms with Crippen LogP contribution in [0, 0.1) is 0 Å². The van der Waals surface area contributed by atoms with E-state index in [0.29, 0.717) is 6.42 Å². The molecular formula is C14H19N3O. The first kappa shape index (κ1) is 11.7. The molecule has 3 rings (SSSR count). The number of fused-ring (bicyclic) bond motifs is 1. The molecule has 96 valence electrons. The Kier molecular flexibility index (Phi) is 3.30. The Morgan fingerprint density at radius 3 is 2.89 bits per heavy atom. The fourth-order valence-electron chi connectivity index (χ4n) is 2.64. The average molecular weight is 245 g/mol. The van der Waals surface area contributed by atoms with Gasteiger partial charge < -0.3 is 15.5 Å². The Morgan fingerprint density at radius 1 is 1.22 bits per heavy atom. The van der Waals surface area contributed by atoms with E-state index in [1.165, 1.54) is 5.56 Å². The molecule has 4 heteroatoms. The van der Waals surface area contributed by atoms with Gasteiger partial charge in [-0.2, -0.15) is 0 Å². The largest absolute Gasteiger partial charge is 0.326 e. The van der Waals surface area contributed by atoms with Crippen LogP contribution < -0.4 is 10.6 Å². The zero-order valence-electron chi connectivity index (χ0n) is 10.5. The number of hydrogen-bond acceptors (Lipinski definition) is 3. The van der Waals surface area contributed by atoms with Gasteiger partial charge in [-0.25, -0.2) is 0 Å². The van der Waals surface area contributed by atoms with E-state index >= 15 is 0 Å². The molecule has 1 saturated heterocycles. The summed E-state index contributed by atoms with van der Waals surface area (Å²) >= 11 is 0. The van der Waals surface area contributed by atoms with Gasteiger partial charge in [0.05, 0.1) is 6.42 Å². The highest BCUT2D eigenvalue weighted by Gasteiger charge is 2.17. The molecule has 0 aromatic heterocycles. The lowest BCUT2D eigenvalue weighted by Crippen LogP contribution is -2.44. The van der Waals surface area contributed by atoms with Gasteiger partial charge in [0.2, 0.25) is 5.91 Å². The fourth-order valence-corrected chi connectivity index (χ4v) is 2.64. The van der Waals surface area contributed by atoms with Gasteiger partial charge in [-0.1, -0.05) is 12.1 Å². The number of amides is 1. The summed E-state index contributed by atoms with van der Waals surface area (Å²) in [6.45, 7) is 5.58. The predicted octanol–water partition coefficient (Wildman–Crippen LogP) is 0.629. The van der Waals surface area contributed by atoms with Gasteiger partial charge in [0.15, 0.2) is 0 Å². The molecule has 2 aliphatic rings. The Morgan fingerprint density at radius 2 is 2.06 bits per heavy atom. The maximum Gasteiger partial charge on any atom is 0.228 e. The van der Waals surface area contributed by atoms with Crippen LogP contribution in [0.2, 0.25) is 0 Å². The molecule has 0 spiro atoms. The molecule has 1 fully saturated rings. The number of nitrogens with one attached hydrogen (secondary N) is 2. The first-order valence-corrected chi connectivity index (χ1v) is 6.66. The zero-order chi connectivity index (χ0) is 12.4.